The third-order valence-electron chi connectivity index (χ3n) is 5.32. The molecule has 0 bridgehead atoms. The Kier molecular flexibility index (Phi) is 4.13. The fourth-order valence-corrected chi connectivity index (χ4v) is 4.02. The first kappa shape index (κ1) is 17.3. The maximum absolute atomic E-state index is 9.15. The molecule has 29 heavy (non-hydrogen) atoms. The second kappa shape index (κ2) is 6.95. The third-order valence-corrected chi connectivity index (χ3v) is 5.32. The van der Waals surface area contributed by atoms with Gasteiger partial charge in [0.15, 0.2) is 0 Å². The number of fused-ring (bicyclic) bond motifs is 3. The van der Waals surface area contributed by atoms with E-state index in [1.54, 1.807) is 0 Å². The van der Waals surface area contributed by atoms with Crippen molar-refractivity contribution in [2.24, 2.45) is 5.16 Å². The van der Waals surface area contributed by atoms with Crippen LogP contribution in [0.15, 0.2) is 84.1 Å². The van der Waals surface area contributed by atoms with Crippen molar-refractivity contribution in [3.8, 4) is 16.9 Å². The van der Waals surface area contributed by atoms with E-state index in [4.69, 9.17) is 10.3 Å². The van der Waals surface area contributed by atoms with Gasteiger partial charge in [-0.3, -0.25) is 0 Å². The van der Waals surface area contributed by atoms with E-state index in [9.17, 15) is 0 Å². The molecule has 0 saturated heterocycles. The van der Waals surface area contributed by atoms with Gasteiger partial charge in [-0.1, -0.05) is 47.6 Å². The lowest BCUT2D eigenvalue weighted by atomic mass is 10.0. The summed E-state index contributed by atoms with van der Waals surface area (Å²) in [5.74, 6) is 0. The third kappa shape index (κ3) is 2.79. The molecule has 5 rings (SSSR count). The zero-order valence-corrected chi connectivity index (χ0v) is 16.0. The Hall–Kier alpha value is -3.86. The summed E-state index contributed by atoms with van der Waals surface area (Å²) >= 11 is 0. The molecule has 1 N–H and O–H groups in total. The predicted octanol–water partition coefficient (Wildman–Crippen LogP) is 5.48. The first-order chi connectivity index (χ1) is 14.3. The van der Waals surface area contributed by atoms with Gasteiger partial charge in [-0.05, 0) is 37.3 Å². The topological polar surface area (TPSA) is 55.3 Å². The first-order valence-corrected chi connectivity index (χ1v) is 9.64. The number of oxime groups is 1. The molecular weight excluding hydrogens is 360 g/mol. The van der Waals surface area contributed by atoms with Gasteiger partial charge in [0, 0.05) is 45.7 Å². The largest absolute Gasteiger partial charge is 0.411 e. The number of hydrogen-bond donors (Lipinski definition) is 1. The Labute approximate surface area is 168 Å². The number of para-hydroxylation sites is 2. The molecule has 0 aliphatic heterocycles. The molecule has 0 radical (unpaired) electrons. The molecule has 0 fully saturated rings. The van der Waals surface area contributed by atoms with Gasteiger partial charge in [-0.25, -0.2) is 4.68 Å². The molecule has 5 nitrogen and oxygen atoms in total. The highest BCUT2D eigenvalue weighted by Gasteiger charge is 2.15. The molecule has 5 aromatic rings. The molecule has 5 heteroatoms. The van der Waals surface area contributed by atoms with Crippen LogP contribution < -0.4 is 0 Å². The van der Waals surface area contributed by atoms with E-state index < -0.39 is 0 Å². The molecule has 0 aliphatic rings. The summed E-state index contributed by atoms with van der Waals surface area (Å²) in [6.07, 6.45) is 3.31. The van der Waals surface area contributed by atoms with E-state index in [1.165, 1.54) is 28.0 Å². The zero-order valence-electron chi connectivity index (χ0n) is 16.0. The summed E-state index contributed by atoms with van der Waals surface area (Å²) in [4.78, 5) is 0. The van der Waals surface area contributed by atoms with Crippen LogP contribution in [0.5, 0.6) is 0 Å². The number of aromatic nitrogens is 3. The van der Waals surface area contributed by atoms with Crippen molar-refractivity contribution in [3.05, 3.63) is 84.6 Å². The minimum atomic E-state index is 0.759. The average Bonchev–Trinajstić information content (AvgIpc) is 3.33. The van der Waals surface area contributed by atoms with Crippen molar-refractivity contribution in [1.82, 2.24) is 14.3 Å². The molecular formula is C24H20N4O. The maximum atomic E-state index is 9.15. The smallest absolute Gasteiger partial charge is 0.102 e. The molecule has 0 amide bonds. The van der Waals surface area contributed by atoms with E-state index in [0.29, 0.717) is 0 Å². The molecule has 2 heterocycles. The van der Waals surface area contributed by atoms with Crippen molar-refractivity contribution >= 4 is 28.0 Å². The average molecular weight is 380 g/mol. The van der Waals surface area contributed by atoms with E-state index in [1.807, 2.05) is 41.2 Å². The van der Waals surface area contributed by atoms with E-state index in [2.05, 4.69) is 59.1 Å². The van der Waals surface area contributed by atoms with Gasteiger partial charge in [0.2, 0.25) is 0 Å². The van der Waals surface area contributed by atoms with Crippen molar-refractivity contribution in [2.45, 2.75) is 13.5 Å². The van der Waals surface area contributed by atoms with E-state index >= 15 is 0 Å². The predicted molar refractivity (Wildman–Crippen MR) is 117 cm³/mol. The van der Waals surface area contributed by atoms with Gasteiger partial charge >= 0.3 is 0 Å². The number of aryl methyl sites for hydroxylation is 1. The van der Waals surface area contributed by atoms with Crippen molar-refractivity contribution in [1.29, 1.82) is 0 Å². The SMILES string of the molecule is CCn1c2ccccc2c2cc(-c3nn(-c4ccccc4)cc3/C=N\O)ccc21. The highest BCUT2D eigenvalue weighted by Crippen LogP contribution is 2.33. The van der Waals surface area contributed by atoms with Gasteiger partial charge in [-0.15, -0.1) is 0 Å². The summed E-state index contributed by atoms with van der Waals surface area (Å²) in [5, 5.41) is 19.6. The van der Waals surface area contributed by atoms with Crippen molar-refractivity contribution < 1.29 is 5.21 Å². The van der Waals surface area contributed by atoms with Gasteiger partial charge in [-0.2, -0.15) is 5.10 Å². The van der Waals surface area contributed by atoms with E-state index in [-0.39, 0.29) is 0 Å². The molecule has 2 aromatic heterocycles. The lowest BCUT2D eigenvalue weighted by molar-refractivity contribution is 0.322. The van der Waals surface area contributed by atoms with Crippen LogP contribution in [-0.2, 0) is 6.54 Å². The Bertz CT molecular complexity index is 1350. The lowest BCUT2D eigenvalue weighted by Crippen LogP contribution is -1.94. The fraction of sp³-hybridized carbons (Fsp3) is 0.0833. The quantitative estimate of drug-likeness (QED) is 0.255. The first-order valence-electron chi connectivity index (χ1n) is 9.64. The second-order valence-corrected chi connectivity index (χ2v) is 6.95. The Balaban J connectivity index is 1.73. The van der Waals surface area contributed by atoms with Gasteiger partial charge < -0.3 is 9.77 Å². The van der Waals surface area contributed by atoms with E-state index in [0.717, 1.165) is 29.1 Å². The molecule has 3 aromatic carbocycles. The zero-order chi connectivity index (χ0) is 19.8. The highest BCUT2D eigenvalue weighted by atomic mass is 16.4. The van der Waals surface area contributed by atoms with Crippen LogP contribution >= 0.6 is 0 Å². The minimum absolute atomic E-state index is 0.759. The van der Waals surface area contributed by atoms with Crippen molar-refractivity contribution in [2.75, 3.05) is 0 Å². The fourth-order valence-electron chi connectivity index (χ4n) is 4.02. The van der Waals surface area contributed by atoms with Crippen LogP contribution in [-0.4, -0.2) is 25.8 Å². The Morgan fingerprint density at radius 2 is 1.69 bits per heavy atom. The highest BCUT2D eigenvalue weighted by molar-refractivity contribution is 6.09. The summed E-state index contributed by atoms with van der Waals surface area (Å²) in [5.41, 5.74) is 5.92. The molecule has 0 saturated carbocycles. The Morgan fingerprint density at radius 1 is 0.931 bits per heavy atom. The summed E-state index contributed by atoms with van der Waals surface area (Å²) in [7, 11) is 0. The minimum Gasteiger partial charge on any atom is -0.411 e. The molecule has 142 valence electrons. The van der Waals surface area contributed by atoms with Gasteiger partial charge in [0.25, 0.3) is 0 Å². The molecule has 0 spiro atoms. The van der Waals surface area contributed by atoms with Crippen LogP contribution in [0.3, 0.4) is 0 Å². The monoisotopic (exact) mass is 380 g/mol. The van der Waals surface area contributed by atoms with Crippen LogP contribution in [0.4, 0.5) is 0 Å². The van der Waals surface area contributed by atoms with Crippen LogP contribution in [0.25, 0.3) is 38.8 Å². The second-order valence-electron chi connectivity index (χ2n) is 6.95. The van der Waals surface area contributed by atoms with Gasteiger partial charge in [0.1, 0.15) is 5.69 Å². The summed E-state index contributed by atoms with van der Waals surface area (Å²) in [6, 6.07) is 24.8. The van der Waals surface area contributed by atoms with Crippen LogP contribution in [0, 0.1) is 0 Å². The summed E-state index contributed by atoms with van der Waals surface area (Å²) < 4.78 is 4.14. The van der Waals surface area contributed by atoms with Crippen LogP contribution in [0.2, 0.25) is 0 Å². The molecule has 0 aliphatic carbocycles. The number of nitrogens with zero attached hydrogens (tertiary/aromatic N) is 4. The standard InChI is InChI=1S/C24H20N4O/c1-2-27-22-11-7-6-10-20(22)21-14-17(12-13-23(21)27)24-18(15-25-29)16-28(26-24)19-8-4-3-5-9-19/h3-16,29H,2H2,1H3/b25-15-. The maximum Gasteiger partial charge on any atom is 0.102 e. The normalized spacial score (nSPS) is 11.8. The number of hydrogen-bond acceptors (Lipinski definition) is 3. The van der Waals surface area contributed by atoms with Gasteiger partial charge in [0.05, 0.1) is 11.9 Å². The lowest BCUT2D eigenvalue weighted by Gasteiger charge is -2.04. The van der Waals surface area contributed by atoms with Crippen molar-refractivity contribution in [3.63, 3.8) is 0 Å². The molecule has 0 atom stereocenters. The summed E-state index contributed by atoms with van der Waals surface area (Å²) in [6.45, 7) is 3.07. The molecule has 0 unspecified atom stereocenters. The number of rotatable bonds is 4. The number of benzene rings is 3. The van der Waals surface area contributed by atoms with Crippen LogP contribution in [0.1, 0.15) is 12.5 Å². The Morgan fingerprint density at radius 3 is 2.48 bits per heavy atom.